The Kier molecular flexibility index (Phi) is 45.4. The summed E-state index contributed by atoms with van der Waals surface area (Å²) in [5.74, 6) is 4.09. The van der Waals surface area contributed by atoms with Crippen LogP contribution >= 0.6 is 0 Å². The Bertz CT molecular complexity index is 1690. The predicted molar refractivity (Wildman–Crippen MR) is 304 cm³/mol. The van der Waals surface area contributed by atoms with E-state index < -0.39 is 16.8 Å². The van der Waals surface area contributed by atoms with Crippen molar-refractivity contribution in [2.45, 2.75) is 215 Å². The zero-order valence-electron chi connectivity index (χ0n) is 51.0. The Hall–Kier alpha value is -3.19. The van der Waals surface area contributed by atoms with E-state index in [-0.39, 0.29) is 41.5 Å². The molecule has 0 aliphatic rings. The molecule has 0 aliphatic heterocycles. The molecule has 3 aromatic rings. The second-order valence-electron chi connectivity index (χ2n) is 20.4. The van der Waals surface area contributed by atoms with Gasteiger partial charge < -0.3 is 73.1 Å². The molecule has 0 N–H and O–H groups in total. The summed E-state index contributed by atoms with van der Waals surface area (Å²) >= 11 is 0. The summed E-state index contributed by atoms with van der Waals surface area (Å²) in [6.07, 6.45) is 18.3. The van der Waals surface area contributed by atoms with Gasteiger partial charge in [-0.25, -0.2) is 0 Å². The maximum atomic E-state index is 11.4. The number of ether oxygens (including phenoxy) is 9. The monoisotopic (exact) mass is 1150 g/mol. The van der Waals surface area contributed by atoms with Crippen LogP contribution in [0, 0.1) is 0 Å². The predicted octanol–water partition coefficient (Wildman–Crippen LogP) is 13.1. The quantitative estimate of drug-likeness (QED) is 0.0225. The second kappa shape index (κ2) is 47.3. The maximum Gasteiger partial charge on any atom is 3.00 e. The minimum absolute atomic E-state index is 0. The van der Waals surface area contributed by atoms with E-state index in [1.165, 1.54) is 0 Å². The molecular weight excluding hydrogens is 1040 g/mol. The Morgan fingerprint density at radius 2 is 0.481 bits per heavy atom. The molecule has 0 spiro atoms. The number of benzene rings is 3. The van der Waals surface area contributed by atoms with E-state index in [9.17, 15) is 15.8 Å². The van der Waals surface area contributed by atoms with Crippen LogP contribution in [0.2, 0.25) is 0 Å². The largest absolute Gasteiger partial charge is 3.00 e. The van der Waals surface area contributed by atoms with Crippen molar-refractivity contribution in [1.29, 1.82) is 0 Å². The van der Waals surface area contributed by atoms with Crippen molar-refractivity contribution < 1.29 is 94.8 Å². The fourth-order valence-corrected chi connectivity index (χ4v) is 7.17. The van der Waals surface area contributed by atoms with Gasteiger partial charge in [-0.1, -0.05) is 138 Å². The summed E-state index contributed by atoms with van der Waals surface area (Å²) in [4.78, 5) is 13.7. The molecule has 0 aromatic heterocycles. The topological polar surface area (TPSA) is 180 Å². The number of hydrogen-bond acceptors (Lipinski definition) is 15. The van der Waals surface area contributed by atoms with Crippen LogP contribution in [0.5, 0.6) is 34.5 Å². The van der Waals surface area contributed by atoms with Crippen LogP contribution in [0.3, 0.4) is 0 Å². The van der Waals surface area contributed by atoms with Crippen LogP contribution in [0.1, 0.15) is 215 Å². The van der Waals surface area contributed by atoms with E-state index in [1.807, 2.05) is 54.6 Å². The van der Waals surface area contributed by atoms with Gasteiger partial charge in [-0.2, -0.15) is 0 Å². The van der Waals surface area contributed by atoms with Gasteiger partial charge in [0.1, 0.15) is 16.8 Å². The van der Waals surface area contributed by atoms with Crippen LogP contribution in [0.25, 0.3) is 0 Å². The van der Waals surface area contributed by atoms with Crippen LogP contribution in [0.4, 0.5) is 0 Å². The summed E-state index contributed by atoms with van der Waals surface area (Å²) in [7, 11) is 0. The van der Waals surface area contributed by atoms with Crippen molar-refractivity contribution in [2.75, 3.05) is 79.3 Å². The third-order valence-corrected chi connectivity index (χ3v) is 12.8. The summed E-state index contributed by atoms with van der Waals surface area (Å²) in [6.45, 7) is 30.6. The van der Waals surface area contributed by atoms with Crippen LogP contribution in [-0.2, 0) is 67.4 Å². The van der Waals surface area contributed by atoms with Crippen molar-refractivity contribution >= 4 is 0 Å². The fraction of sp³-hybridized carbons (Fsp3) is 0.714. The first-order valence-electron chi connectivity index (χ1n) is 29.7. The standard InChI is InChI=1S/3C21H36O5.Ti/c3*1-5-8-13-23-17-21(4,26-22)18-11-12-19(24-14-9-6-2)20(16-18)25-15-10-7-3;/h3*11-12,16,22H,5-10,13-15,17H2,1-4H3;/q;;;+3/p-3. The molecule has 0 heterocycles. The van der Waals surface area contributed by atoms with E-state index in [4.69, 9.17) is 42.6 Å². The minimum Gasteiger partial charge on any atom is -0.723 e. The van der Waals surface area contributed by atoms with Gasteiger partial charge in [0.2, 0.25) is 0 Å². The van der Waals surface area contributed by atoms with Crippen molar-refractivity contribution in [3.63, 3.8) is 0 Å². The first kappa shape index (κ1) is 75.8. The first-order valence-corrected chi connectivity index (χ1v) is 29.7. The molecule has 15 nitrogen and oxygen atoms in total. The van der Waals surface area contributed by atoms with Gasteiger partial charge in [-0.3, -0.25) is 0 Å². The Morgan fingerprint density at radius 1 is 0.291 bits per heavy atom. The average molecular weight is 1150 g/mol. The van der Waals surface area contributed by atoms with Crippen molar-refractivity contribution in [3.8, 4) is 34.5 Å². The molecule has 0 saturated heterocycles. The van der Waals surface area contributed by atoms with Gasteiger partial charge in [0, 0.05) is 19.8 Å². The van der Waals surface area contributed by atoms with Gasteiger partial charge >= 0.3 is 21.7 Å². The molecule has 79 heavy (non-hydrogen) atoms. The third kappa shape index (κ3) is 30.6. The molecule has 0 fully saturated rings. The Labute approximate surface area is 493 Å². The van der Waals surface area contributed by atoms with E-state index in [0.717, 1.165) is 132 Å². The van der Waals surface area contributed by atoms with E-state index in [0.29, 0.717) is 94.0 Å². The van der Waals surface area contributed by atoms with Gasteiger partial charge in [-0.05, 0) is 132 Å². The smallest absolute Gasteiger partial charge is 0.723 e. The van der Waals surface area contributed by atoms with Crippen LogP contribution in [-0.4, -0.2) is 79.3 Å². The Morgan fingerprint density at radius 3 is 0.671 bits per heavy atom. The third-order valence-electron chi connectivity index (χ3n) is 12.8. The summed E-state index contributed by atoms with van der Waals surface area (Å²) in [6, 6.07) is 16.7. The normalized spacial score (nSPS) is 13.3. The number of hydrogen-bond donors (Lipinski definition) is 0. The molecule has 0 saturated carbocycles. The molecule has 3 aromatic carbocycles. The summed E-state index contributed by atoms with van der Waals surface area (Å²) in [5.41, 5.74) is -0.967. The van der Waals surface area contributed by atoms with Crippen molar-refractivity contribution in [2.24, 2.45) is 0 Å². The van der Waals surface area contributed by atoms with Gasteiger partial charge in [0.25, 0.3) is 0 Å². The Balaban J connectivity index is 0.00000115. The van der Waals surface area contributed by atoms with Crippen molar-refractivity contribution in [3.05, 3.63) is 71.3 Å². The first-order chi connectivity index (χ1) is 37.8. The van der Waals surface area contributed by atoms with Crippen LogP contribution in [0.15, 0.2) is 54.6 Å². The molecule has 3 rings (SSSR count). The zero-order valence-corrected chi connectivity index (χ0v) is 52.6. The molecule has 3 atom stereocenters. The number of rotatable bonds is 45. The van der Waals surface area contributed by atoms with Gasteiger partial charge in [0.05, 0.1) is 59.5 Å². The van der Waals surface area contributed by atoms with Gasteiger partial charge in [-0.15, -0.1) is 0 Å². The number of unbranched alkanes of at least 4 members (excludes halogenated alkanes) is 9. The molecule has 3 unspecified atom stereocenters. The summed E-state index contributed by atoms with van der Waals surface area (Å²) in [5, 5.41) is 34.3. The van der Waals surface area contributed by atoms with E-state index >= 15 is 0 Å². The molecule has 0 amide bonds. The minimum atomic E-state index is -1.06. The molecular formula is C63H105O15Ti. The molecule has 0 bridgehead atoms. The SMILES string of the molecule is CCCCOCC(C)(O[O-])c1ccc(OCCCC)c(OCCCC)c1.CCCCOCC(C)(O[O-])c1ccc(OCCCC)c(OCCCC)c1.CCCCOCC(C)(O[O-])c1ccc(OCCCC)c(OCCCC)c1.[Ti+3]. The second-order valence-corrected chi connectivity index (χ2v) is 20.4. The zero-order chi connectivity index (χ0) is 57.8. The molecule has 451 valence electrons. The molecule has 16 heteroatoms. The van der Waals surface area contributed by atoms with E-state index in [2.05, 4.69) is 77.0 Å². The van der Waals surface area contributed by atoms with Crippen molar-refractivity contribution in [1.82, 2.24) is 0 Å². The maximum absolute atomic E-state index is 11.4. The summed E-state index contributed by atoms with van der Waals surface area (Å²) < 4.78 is 52.2. The van der Waals surface area contributed by atoms with Crippen LogP contribution < -0.4 is 44.2 Å². The van der Waals surface area contributed by atoms with Gasteiger partial charge in [0.15, 0.2) is 34.5 Å². The fourth-order valence-electron chi connectivity index (χ4n) is 7.17. The molecule has 0 aliphatic carbocycles. The molecule has 1 radical (unpaired) electrons. The average Bonchev–Trinajstić information content (AvgIpc) is 3.46. The van der Waals surface area contributed by atoms with E-state index in [1.54, 1.807) is 20.8 Å².